The van der Waals surface area contributed by atoms with Gasteiger partial charge >= 0.3 is 5.97 Å². The molecule has 0 unspecified atom stereocenters. The van der Waals surface area contributed by atoms with Crippen molar-refractivity contribution in [2.75, 3.05) is 11.6 Å². The molecule has 164 valence electrons. The van der Waals surface area contributed by atoms with E-state index in [1.807, 2.05) is 32.2 Å². The van der Waals surface area contributed by atoms with E-state index in [9.17, 15) is 9.59 Å². The summed E-state index contributed by atoms with van der Waals surface area (Å²) < 4.78 is 6.63. The van der Waals surface area contributed by atoms with E-state index in [4.69, 9.17) is 16.3 Å². The van der Waals surface area contributed by atoms with Crippen LogP contribution >= 0.6 is 23.4 Å². The van der Waals surface area contributed by atoms with Crippen LogP contribution in [0.15, 0.2) is 28.0 Å². The molecule has 9 nitrogen and oxygen atoms in total. The minimum absolute atomic E-state index is 0.0494. The van der Waals surface area contributed by atoms with Gasteiger partial charge in [0.2, 0.25) is 5.28 Å². The van der Waals surface area contributed by atoms with Crippen molar-refractivity contribution in [2.45, 2.75) is 51.3 Å². The Balaban J connectivity index is 2.08. The quantitative estimate of drug-likeness (QED) is 0.304. The van der Waals surface area contributed by atoms with Crippen molar-refractivity contribution in [1.29, 1.82) is 0 Å². The number of pyridine rings is 1. The number of hydrogen-bond acceptors (Lipinski definition) is 9. The van der Waals surface area contributed by atoms with Crippen LogP contribution in [0.5, 0.6) is 0 Å². The predicted octanol–water partition coefficient (Wildman–Crippen LogP) is 3.60. The maximum Gasteiger partial charge on any atom is 0.303 e. The van der Waals surface area contributed by atoms with Crippen molar-refractivity contribution < 1.29 is 9.53 Å². The highest BCUT2D eigenvalue weighted by molar-refractivity contribution is 7.98. The van der Waals surface area contributed by atoms with E-state index < -0.39 is 5.97 Å². The maximum atomic E-state index is 13.2. The van der Waals surface area contributed by atoms with Crippen LogP contribution in [0.25, 0.3) is 11.2 Å². The van der Waals surface area contributed by atoms with Crippen LogP contribution in [0.1, 0.15) is 44.6 Å². The van der Waals surface area contributed by atoms with Crippen LogP contribution in [0.2, 0.25) is 5.28 Å². The fourth-order valence-electron chi connectivity index (χ4n) is 2.90. The van der Waals surface area contributed by atoms with Gasteiger partial charge in [0.25, 0.3) is 5.56 Å². The summed E-state index contributed by atoms with van der Waals surface area (Å²) in [5, 5.41) is 3.03. The van der Waals surface area contributed by atoms with Crippen molar-refractivity contribution in [3.63, 3.8) is 0 Å². The largest absolute Gasteiger partial charge is 0.459 e. The second-order valence-electron chi connectivity index (χ2n) is 6.83. The normalized spacial score (nSPS) is 12.0. The van der Waals surface area contributed by atoms with Crippen LogP contribution < -0.4 is 10.9 Å². The minimum atomic E-state index is -0.462. The Kier molecular flexibility index (Phi) is 7.45. The smallest absolute Gasteiger partial charge is 0.303 e. The number of fused-ring (bicyclic) bond motifs is 1. The van der Waals surface area contributed by atoms with Gasteiger partial charge in [-0.25, -0.2) is 9.97 Å². The van der Waals surface area contributed by atoms with E-state index in [1.54, 1.807) is 22.5 Å². The zero-order chi connectivity index (χ0) is 22.5. The molecule has 3 rings (SSSR count). The molecule has 0 aliphatic rings. The SMILES string of the molecule is CC[C@@H](C)n1c(=O)c(NCc2ccc(SC)cn2)nc2c(COC(C)=O)nc(Cl)nc21. The summed E-state index contributed by atoms with van der Waals surface area (Å²) in [6.45, 7) is 5.37. The summed E-state index contributed by atoms with van der Waals surface area (Å²) in [4.78, 5) is 42.8. The number of hydrogen-bond donors (Lipinski definition) is 1. The van der Waals surface area contributed by atoms with Gasteiger partial charge in [0.15, 0.2) is 11.5 Å². The maximum absolute atomic E-state index is 13.2. The number of aromatic nitrogens is 5. The topological polar surface area (TPSA) is 112 Å². The van der Waals surface area contributed by atoms with E-state index in [1.165, 1.54) is 6.92 Å². The third-order valence-electron chi connectivity index (χ3n) is 4.70. The Morgan fingerprint density at radius 1 is 1.32 bits per heavy atom. The van der Waals surface area contributed by atoms with Gasteiger partial charge < -0.3 is 10.1 Å². The molecule has 0 saturated heterocycles. The first-order chi connectivity index (χ1) is 14.8. The summed E-state index contributed by atoms with van der Waals surface area (Å²) in [6, 6.07) is 3.69. The van der Waals surface area contributed by atoms with E-state index in [0.29, 0.717) is 29.8 Å². The van der Waals surface area contributed by atoms with Crippen LogP contribution in [0.4, 0.5) is 5.82 Å². The summed E-state index contributed by atoms with van der Waals surface area (Å²) in [6.07, 6.45) is 4.45. The minimum Gasteiger partial charge on any atom is -0.459 e. The van der Waals surface area contributed by atoms with Gasteiger partial charge in [-0.1, -0.05) is 6.92 Å². The third-order valence-corrected chi connectivity index (χ3v) is 5.58. The highest BCUT2D eigenvalue weighted by atomic mass is 35.5. The summed E-state index contributed by atoms with van der Waals surface area (Å²) in [5.41, 5.74) is 1.42. The van der Waals surface area contributed by atoms with Gasteiger partial charge in [0, 0.05) is 24.1 Å². The highest BCUT2D eigenvalue weighted by Gasteiger charge is 2.20. The zero-order valence-corrected chi connectivity index (χ0v) is 19.3. The number of esters is 1. The molecule has 3 aromatic heterocycles. The Morgan fingerprint density at radius 2 is 2.10 bits per heavy atom. The first-order valence-electron chi connectivity index (χ1n) is 9.68. The molecule has 0 saturated carbocycles. The zero-order valence-electron chi connectivity index (χ0n) is 17.7. The molecule has 0 radical (unpaired) electrons. The number of halogens is 1. The Hall–Kier alpha value is -2.72. The van der Waals surface area contributed by atoms with Gasteiger partial charge in [0.1, 0.15) is 17.8 Å². The first-order valence-corrected chi connectivity index (χ1v) is 11.3. The van der Waals surface area contributed by atoms with Crippen molar-refractivity contribution in [2.24, 2.45) is 0 Å². The molecule has 0 fully saturated rings. The number of ether oxygens (including phenoxy) is 1. The average molecular weight is 463 g/mol. The number of carbonyl (C=O) groups excluding carboxylic acids is 1. The summed E-state index contributed by atoms with van der Waals surface area (Å²) in [7, 11) is 0. The van der Waals surface area contributed by atoms with Gasteiger partial charge in [-0.3, -0.25) is 19.1 Å². The van der Waals surface area contributed by atoms with E-state index in [2.05, 4.69) is 25.3 Å². The van der Waals surface area contributed by atoms with Crippen molar-refractivity contribution in [1.82, 2.24) is 24.5 Å². The second-order valence-corrected chi connectivity index (χ2v) is 8.05. The number of thioether (sulfide) groups is 1. The average Bonchev–Trinajstić information content (AvgIpc) is 2.76. The molecule has 3 heterocycles. The molecule has 1 N–H and O–H groups in total. The van der Waals surface area contributed by atoms with Gasteiger partial charge in [-0.05, 0) is 43.3 Å². The summed E-state index contributed by atoms with van der Waals surface area (Å²) >= 11 is 7.69. The predicted molar refractivity (Wildman–Crippen MR) is 120 cm³/mol. The fraction of sp³-hybridized carbons (Fsp3) is 0.400. The summed E-state index contributed by atoms with van der Waals surface area (Å²) in [5.74, 6) is -0.324. The van der Waals surface area contributed by atoms with Crippen LogP contribution in [0, 0.1) is 0 Å². The highest BCUT2D eigenvalue weighted by Crippen LogP contribution is 2.22. The molecule has 3 aromatic rings. The molecule has 0 bridgehead atoms. The fourth-order valence-corrected chi connectivity index (χ4v) is 3.44. The van der Waals surface area contributed by atoms with E-state index >= 15 is 0 Å². The lowest BCUT2D eigenvalue weighted by atomic mass is 10.2. The van der Waals surface area contributed by atoms with Gasteiger partial charge in [0.05, 0.1) is 12.2 Å². The number of carbonyl (C=O) groups is 1. The second kappa shape index (κ2) is 10.1. The van der Waals surface area contributed by atoms with E-state index in [0.717, 1.165) is 10.6 Å². The lowest BCUT2D eigenvalue weighted by Crippen LogP contribution is -2.29. The molecule has 0 amide bonds. The molecule has 11 heteroatoms. The lowest BCUT2D eigenvalue weighted by Gasteiger charge is -2.18. The van der Waals surface area contributed by atoms with Gasteiger partial charge in [-0.2, -0.15) is 4.98 Å². The monoisotopic (exact) mass is 462 g/mol. The molecule has 0 aromatic carbocycles. The number of nitrogens with one attached hydrogen (secondary N) is 1. The third kappa shape index (κ3) is 5.31. The Bertz CT molecular complexity index is 1150. The lowest BCUT2D eigenvalue weighted by molar-refractivity contribution is -0.142. The molecule has 0 spiro atoms. The molecular weight excluding hydrogens is 440 g/mol. The van der Waals surface area contributed by atoms with Crippen molar-refractivity contribution >= 4 is 46.3 Å². The van der Waals surface area contributed by atoms with Gasteiger partial charge in [-0.15, -0.1) is 11.8 Å². The first kappa shape index (κ1) is 23.0. The van der Waals surface area contributed by atoms with Crippen LogP contribution in [-0.4, -0.2) is 36.7 Å². The Labute approximate surface area is 188 Å². The molecule has 1 atom stereocenters. The molecule has 31 heavy (non-hydrogen) atoms. The number of anilines is 1. The molecule has 0 aliphatic carbocycles. The van der Waals surface area contributed by atoms with Crippen molar-refractivity contribution in [3.8, 4) is 0 Å². The van der Waals surface area contributed by atoms with E-state index in [-0.39, 0.29) is 29.3 Å². The number of nitrogens with zero attached hydrogens (tertiary/aromatic N) is 5. The Morgan fingerprint density at radius 3 is 2.71 bits per heavy atom. The van der Waals surface area contributed by atoms with Crippen molar-refractivity contribution in [3.05, 3.63) is 45.4 Å². The standard InChI is InChI=1S/C20H23ClN6O3S/c1-5-11(2)27-18-16(15(10-30-12(3)28)24-20(21)26-18)25-17(19(27)29)23-8-13-6-7-14(31-4)9-22-13/h6-7,9,11H,5,8,10H2,1-4H3,(H,23,25)/t11-/m1/s1. The number of rotatable bonds is 8. The molecule has 0 aliphatic heterocycles. The van der Waals surface area contributed by atoms with Crippen LogP contribution in [0.3, 0.4) is 0 Å². The van der Waals surface area contributed by atoms with Crippen LogP contribution in [-0.2, 0) is 22.7 Å². The molecular formula is C20H23ClN6O3S.